The lowest BCUT2D eigenvalue weighted by molar-refractivity contribution is -0.118. The van der Waals surface area contributed by atoms with E-state index >= 15 is 0 Å². The fourth-order valence-corrected chi connectivity index (χ4v) is 2.47. The first kappa shape index (κ1) is 11.5. The Morgan fingerprint density at radius 1 is 1.44 bits per heavy atom. The predicted molar refractivity (Wildman–Crippen MR) is 67.4 cm³/mol. The average Bonchev–Trinajstić information content (AvgIpc) is 3.20. The third-order valence-electron chi connectivity index (χ3n) is 3.84. The van der Waals surface area contributed by atoms with Crippen molar-refractivity contribution in [1.82, 2.24) is 0 Å². The highest BCUT2D eigenvalue weighted by atomic mass is 16.5. The molecule has 0 bridgehead atoms. The summed E-state index contributed by atoms with van der Waals surface area (Å²) in [6.45, 7) is 2.14. The maximum absolute atomic E-state index is 11.3. The Hall–Kier alpha value is -1.55. The van der Waals surface area contributed by atoms with Crippen LogP contribution in [0.25, 0.3) is 0 Å². The molecule has 4 nitrogen and oxygen atoms in total. The fraction of sp³-hybridized carbons (Fsp3) is 0.500. The largest absolute Gasteiger partial charge is 0.482 e. The molecule has 1 aromatic carbocycles. The third-order valence-corrected chi connectivity index (χ3v) is 3.84. The van der Waals surface area contributed by atoms with Gasteiger partial charge in [-0.2, -0.15) is 0 Å². The van der Waals surface area contributed by atoms with Crippen molar-refractivity contribution < 1.29 is 14.6 Å². The number of nitrogens with one attached hydrogen (secondary N) is 1. The number of carbonyl (C=O) groups is 1. The molecule has 1 heterocycles. The van der Waals surface area contributed by atoms with E-state index in [-0.39, 0.29) is 18.4 Å². The van der Waals surface area contributed by atoms with Gasteiger partial charge in [-0.05, 0) is 42.4 Å². The van der Waals surface area contributed by atoms with Crippen molar-refractivity contribution in [3.05, 3.63) is 23.8 Å². The van der Waals surface area contributed by atoms with Crippen molar-refractivity contribution >= 4 is 11.6 Å². The molecule has 1 fully saturated rings. The molecule has 2 N–H and O–H groups in total. The number of amides is 1. The van der Waals surface area contributed by atoms with Crippen LogP contribution in [0.1, 0.15) is 31.4 Å². The summed E-state index contributed by atoms with van der Waals surface area (Å²) < 4.78 is 5.30. The summed E-state index contributed by atoms with van der Waals surface area (Å²) in [6.07, 6.45) is 1.95. The minimum absolute atomic E-state index is 0.0629. The molecule has 2 atom stereocenters. The molecule has 0 spiro atoms. The van der Waals surface area contributed by atoms with Crippen LogP contribution in [0.3, 0.4) is 0 Å². The van der Waals surface area contributed by atoms with Gasteiger partial charge in [0.1, 0.15) is 5.75 Å². The number of aliphatic hydroxyl groups is 1. The maximum atomic E-state index is 11.3. The molecule has 0 aromatic heterocycles. The van der Waals surface area contributed by atoms with E-state index in [1.54, 1.807) is 0 Å². The molecule has 4 heteroatoms. The molecule has 0 saturated heterocycles. The Morgan fingerprint density at radius 3 is 2.94 bits per heavy atom. The van der Waals surface area contributed by atoms with E-state index in [2.05, 4.69) is 12.2 Å². The van der Waals surface area contributed by atoms with Crippen LogP contribution in [0, 0.1) is 11.8 Å². The molecule has 0 radical (unpaired) electrons. The van der Waals surface area contributed by atoms with Gasteiger partial charge in [-0.1, -0.05) is 13.0 Å². The van der Waals surface area contributed by atoms with Crippen molar-refractivity contribution in [2.75, 3.05) is 11.9 Å². The standard InChI is InChI=1S/C14H17NO3/c1-8(9-2-3-9)14(17)10-4-5-12-11(6-10)15-13(16)7-18-12/h4-6,8-9,14,17H,2-3,7H2,1H3,(H,15,16). The minimum atomic E-state index is -0.471. The first-order valence-electron chi connectivity index (χ1n) is 6.40. The number of carbonyl (C=O) groups excluding carboxylic acids is 1. The van der Waals surface area contributed by atoms with Gasteiger partial charge >= 0.3 is 0 Å². The van der Waals surface area contributed by atoms with E-state index in [1.807, 2.05) is 18.2 Å². The van der Waals surface area contributed by atoms with E-state index in [0.29, 0.717) is 17.4 Å². The Kier molecular flexibility index (Phi) is 2.74. The highest BCUT2D eigenvalue weighted by Gasteiger charge is 2.33. The van der Waals surface area contributed by atoms with Crippen LogP contribution in [-0.4, -0.2) is 17.6 Å². The average molecular weight is 247 g/mol. The van der Waals surface area contributed by atoms with Crippen molar-refractivity contribution in [3.63, 3.8) is 0 Å². The lowest BCUT2D eigenvalue weighted by atomic mass is 9.93. The van der Waals surface area contributed by atoms with E-state index in [9.17, 15) is 9.90 Å². The van der Waals surface area contributed by atoms with Gasteiger partial charge in [-0.3, -0.25) is 4.79 Å². The van der Waals surface area contributed by atoms with Gasteiger partial charge in [0.2, 0.25) is 0 Å². The zero-order chi connectivity index (χ0) is 12.7. The zero-order valence-corrected chi connectivity index (χ0v) is 10.3. The molecular formula is C14H17NO3. The second-order valence-corrected chi connectivity index (χ2v) is 5.23. The van der Waals surface area contributed by atoms with Crippen molar-refractivity contribution in [3.8, 4) is 5.75 Å². The lowest BCUT2D eigenvalue weighted by Crippen LogP contribution is -2.25. The van der Waals surface area contributed by atoms with Gasteiger partial charge in [-0.15, -0.1) is 0 Å². The summed E-state index contributed by atoms with van der Waals surface area (Å²) in [5.41, 5.74) is 1.50. The first-order valence-corrected chi connectivity index (χ1v) is 6.40. The Morgan fingerprint density at radius 2 is 2.22 bits per heavy atom. The summed E-state index contributed by atoms with van der Waals surface area (Å²) >= 11 is 0. The van der Waals surface area contributed by atoms with Crippen LogP contribution in [0.4, 0.5) is 5.69 Å². The summed E-state index contributed by atoms with van der Waals surface area (Å²) in [5.74, 6) is 1.43. The molecule has 18 heavy (non-hydrogen) atoms. The molecule has 1 aliphatic carbocycles. The number of anilines is 1. The molecule has 1 aromatic rings. The monoisotopic (exact) mass is 247 g/mol. The van der Waals surface area contributed by atoms with Crippen molar-refractivity contribution in [2.24, 2.45) is 11.8 Å². The second-order valence-electron chi connectivity index (χ2n) is 5.23. The van der Waals surface area contributed by atoms with Crippen molar-refractivity contribution in [1.29, 1.82) is 0 Å². The van der Waals surface area contributed by atoms with Crippen LogP contribution >= 0.6 is 0 Å². The normalized spacial score (nSPS) is 21.6. The molecule has 1 saturated carbocycles. The minimum Gasteiger partial charge on any atom is -0.482 e. The quantitative estimate of drug-likeness (QED) is 0.860. The van der Waals surface area contributed by atoms with Gasteiger partial charge in [0.15, 0.2) is 6.61 Å². The predicted octanol–water partition coefficient (Wildman–Crippen LogP) is 2.10. The summed E-state index contributed by atoms with van der Waals surface area (Å²) in [7, 11) is 0. The van der Waals surface area contributed by atoms with E-state index < -0.39 is 6.10 Å². The molecule has 2 aliphatic rings. The Bertz CT molecular complexity index is 482. The van der Waals surface area contributed by atoms with E-state index in [0.717, 1.165) is 5.56 Å². The highest BCUT2D eigenvalue weighted by molar-refractivity contribution is 5.95. The number of hydrogen-bond acceptors (Lipinski definition) is 3. The Labute approximate surface area is 106 Å². The van der Waals surface area contributed by atoms with Gasteiger partial charge in [0, 0.05) is 0 Å². The van der Waals surface area contributed by atoms with Crippen LogP contribution in [0.5, 0.6) is 5.75 Å². The fourth-order valence-electron chi connectivity index (χ4n) is 2.47. The molecule has 2 unspecified atom stereocenters. The van der Waals surface area contributed by atoms with Crippen molar-refractivity contribution in [2.45, 2.75) is 25.9 Å². The number of aliphatic hydroxyl groups excluding tert-OH is 1. The summed E-state index contributed by atoms with van der Waals surface area (Å²) in [5, 5.41) is 13.1. The number of rotatable bonds is 3. The van der Waals surface area contributed by atoms with Crippen LogP contribution in [0.2, 0.25) is 0 Å². The number of hydrogen-bond donors (Lipinski definition) is 2. The summed E-state index contributed by atoms with van der Waals surface area (Å²) in [4.78, 5) is 11.3. The SMILES string of the molecule is CC(C1CC1)C(O)c1ccc2c(c1)NC(=O)CO2. The molecule has 3 rings (SSSR count). The van der Waals surface area contributed by atoms with Crippen LogP contribution in [-0.2, 0) is 4.79 Å². The van der Waals surface area contributed by atoms with Gasteiger partial charge in [0.25, 0.3) is 5.91 Å². The van der Waals surface area contributed by atoms with Gasteiger partial charge < -0.3 is 15.2 Å². The highest BCUT2D eigenvalue weighted by Crippen LogP contribution is 2.43. The topological polar surface area (TPSA) is 58.6 Å². The smallest absolute Gasteiger partial charge is 0.262 e. The van der Waals surface area contributed by atoms with E-state index in [4.69, 9.17) is 4.74 Å². The number of fused-ring (bicyclic) bond motifs is 1. The number of ether oxygens (including phenoxy) is 1. The summed E-state index contributed by atoms with van der Waals surface area (Å²) in [6, 6.07) is 5.50. The van der Waals surface area contributed by atoms with E-state index in [1.165, 1.54) is 12.8 Å². The molecule has 1 amide bonds. The molecule has 96 valence electrons. The number of benzene rings is 1. The zero-order valence-electron chi connectivity index (χ0n) is 10.3. The Balaban J connectivity index is 1.84. The third kappa shape index (κ3) is 2.08. The maximum Gasteiger partial charge on any atom is 0.262 e. The van der Waals surface area contributed by atoms with Gasteiger partial charge in [0.05, 0.1) is 11.8 Å². The van der Waals surface area contributed by atoms with Crippen LogP contribution < -0.4 is 10.1 Å². The van der Waals surface area contributed by atoms with Crippen LogP contribution in [0.15, 0.2) is 18.2 Å². The first-order chi connectivity index (χ1) is 8.65. The molecule has 1 aliphatic heterocycles. The molecular weight excluding hydrogens is 230 g/mol. The lowest BCUT2D eigenvalue weighted by Gasteiger charge is -2.22. The second kappa shape index (κ2) is 4.28. The van der Waals surface area contributed by atoms with Gasteiger partial charge in [-0.25, -0.2) is 0 Å².